The number of hydrogen-bond donors (Lipinski definition) is 0. The summed E-state index contributed by atoms with van der Waals surface area (Å²) in [6, 6.07) is 0. The topological polar surface area (TPSA) is 68.3 Å². The predicted octanol–water partition coefficient (Wildman–Crippen LogP) is 3.12. The van der Waals surface area contributed by atoms with Crippen LogP contribution in [0.15, 0.2) is 23.6 Å². The number of rotatable bonds is 9. The maximum absolute atomic E-state index is 12.7. The maximum Gasteiger partial charge on any atom is 0.171 e. The number of allylic oxidation sites excluding steroid dienone is 3. The Bertz CT molecular complexity index is 659. The van der Waals surface area contributed by atoms with Gasteiger partial charge in [0.25, 0.3) is 0 Å². The quantitative estimate of drug-likeness (QED) is 0.593. The van der Waals surface area contributed by atoms with Crippen LogP contribution >= 0.6 is 0 Å². The van der Waals surface area contributed by atoms with E-state index < -0.39 is 24.9 Å². The van der Waals surface area contributed by atoms with E-state index in [1.807, 2.05) is 19.9 Å². The van der Waals surface area contributed by atoms with Crippen molar-refractivity contribution < 1.29 is 16.8 Å². The molecule has 0 amide bonds. The Morgan fingerprint density at radius 1 is 0.957 bits per heavy atom. The molecule has 4 nitrogen and oxygen atoms in total. The van der Waals surface area contributed by atoms with Gasteiger partial charge in [-0.2, -0.15) is 0 Å². The minimum atomic E-state index is -3.23. The Labute approximate surface area is 140 Å². The van der Waals surface area contributed by atoms with Gasteiger partial charge < -0.3 is 0 Å². The molecule has 6 heteroatoms. The van der Waals surface area contributed by atoms with Crippen LogP contribution < -0.4 is 0 Å². The first-order valence-electron chi connectivity index (χ1n) is 8.61. The molecule has 1 saturated carbocycles. The van der Waals surface area contributed by atoms with Crippen molar-refractivity contribution in [2.75, 3.05) is 11.5 Å². The largest absolute Gasteiger partial charge is 0.229 e. The van der Waals surface area contributed by atoms with Gasteiger partial charge in [0.1, 0.15) is 0 Å². The first-order chi connectivity index (χ1) is 10.8. The molecule has 0 aromatic heterocycles. The molecule has 132 valence electrons. The van der Waals surface area contributed by atoms with Crippen molar-refractivity contribution in [1.29, 1.82) is 0 Å². The van der Waals surface area contributed by atoms with E-state index in [9.17, 15) is 16.8 Å². The van der Waals surface area contributed by atoms with Gasteiger partial charge in [-0.3, -0.25) is 0 Å². The molecular weight excluding hydrogens is 332 g/mol. The van der Waals surface area contributed by atoms with Crippen molar-refractivity contribution in [2.24, 2.45) is 17.8 Å². The fourth-order valence-corrected chi connectivity index (χ4v) is 7.40. The Hall–Kier alpha value is -0.620. The fourth-order valence-electron chi connectivity index (χ4n) is 3.68. The van der Waals surface area contributed by atoms with Crippen molar-refractivity contribution in [3.8, 4) is 0 Å². The summed E-state index contributed by atoms with van der Waals surface area (Å²) >= 11 is 0. The lowest BCUT2D eigenvalue weighted by Crippen LogP contribution is -2.34. The zero-order valence-electron chi connectivity index (χ0n) is 14.0. The molecule has 1 fully saturated rings. The highest BCUT2D eigenvalue weighted by atomic mass is 32.2. The molecule has 2 bridgehead atoms. The van der Waals surface area contributed by atoms with E-state index in [0.717, 1.165) is 19.3 Å². The van der Waals surface area contributed by atoms with Crippen molar-refractivity contribution in [3.05, 3.63) is 23.6 Å². The zero-order chi connectivity index (χ0) is 17.1. The summed E-state index contributed by atoms with van der Waals surface area (Å²) in [7, 11) is -6.42. The lowest BCUT2D eigenvalue weighted by Gasteiger charge is -2.25. The lowest BCUT2D eigenvalue weighted by atomic mass is 9.93. The van der Waals surface area contributed by atoms with Crippen LogP contribution in [0, 0.1) is 17.8 Å². The molecule has 0 spiro atoms. The van der Waals surface area contributed by atoms with Crippen LogP contribution in [-0.2, 0) is 19.7 Å². The number of hydrogen-bond acceptors (Lipinski definition) is 4. The molecule has 2 aliphatic rings. The second-order valence-corrected chi connectivity index (χ2v) is 11.0. The van der Waals surface area contributed by atoms with Gasteiger partial charge in [-0.15, -0.1) is 0 Å². The fraction of sp³-hybridized carbons (Fsp3) is 0.765. The summed E-state index contributed by atoms with van der Waals surface area (Å²) < 4.78 is 49.4. The average Bonchev–Trinajstić information content (AvgIpc) is 3.10. The molecule has 0 aromatic rings. The molecule has 2 rings (SSSR count). The lowest BCUT2D eigenvalue weighted by molar-refractivity contribution is 0.513. The molecule has 0 saturated heterocycles. The Morgan fingerprint density at radius 3 is 2.22 bits per heavy atom. The predicted molar refractivity (Wildman–Crippen MR) is 94.5 cm³/mol. The van der Waals surface area contributed by atoms with Gasteiger partial charge in [-0.1, -0.05) is 44.9 Å². The molecule has 0 unspecified atom stereocenters. The van der Waals surface area contributed by atoms with E-state index in [1.165, 1.54) is 5.41 Å². The molecule has 23 heavy (non-hydrogen) atoms. The smallest absolute Gasteiger partial charge is 0.171 e. The van der Waals surface area contributed by atoms with E-state index in [2.05, 4.69) is 6.08 Å². The molecule has 4 atom stereocenters. The number of sulfone groups is 2. The van der Waals surface area contributed by atoms with Gasteiger partial charge in [-0.25, -0.2) is 16.8 Å². The third-order valence-electron chi connectivity index (χ3n) is 4.93. The summed E-state index contributed by atoms with van der Waals surface area (Å²) in [5.74, 6) is 0.374. The Balaban J connectivity index is 2.18. The minimum absolute atomic E-state index is 0.0508. The number of fused-ring (bicyclic) bond motifs is 2. The summed E-state index contributed by atoms with van der Waals surface area (Å²) in [6.07, 6.45) is 9.55. The first kappa shape index (κ1) is 18.7. The Kier molecular flexibility index (Phi) is 6.11. The molecular formula is C17H28O4S2. The third-order valence-corrected chi connectivity index (χ3v) is 8.71. The van der Waals surface area contributed by atoms with Crippen LogP contribution in [0.1, 0.15) is 46.0 Å². The molecule has 0 radical (unpaired) electrons. The highest BCUT2D eigenvalue weighted by Crippen LogP contribution is 2.48. The van der Waals surface area contributed by atoms with Gasteiger partial charge in [0.05, 0.1) is 16.8 Å². The van der Waals surface area contributed by atoms with Crippen LogP contribution in [-0.4, -0.2) is 33.6 Å². The van der Waals surface area contributed by atoms with E-state index in [-0.39, 0.29) is 29.3 Å². The van der Waals surface area contributed by atoms with Gasteiger partial charge in [0, 0.05) is 11.3 Å². The van der Waals surface area contributed by atoms with Crippen LogP contribution in [0.2, 0.25) is 0 Å². The second-order valence-electron chi connectivity index (χ2n) is 6.76. The molecule has 0 aliphatic heterocycles. The SMILES string of the molecule is CCCCS(=O)(=O)/C=C/[C@@H]1[C@@H](S(=O)(=O)CCCC)[C@@H]2C=C[C@@H]1C2. The van der Waals surface area contributed by atoms with Crippen molar-refractivity contribution in [1.82, 2.24) is 0 Å². The van der Waals surface area contributed by atoms with Gasteiger partial charge in [0.2, 0.25) is 0 Å². The first-order valence-corrected chi connectivity index (χ1v) is 12.0. The summed E-state index contributed by atoms with van der Waals surface area (Å²) in [5, 5.41) is 0.825. The van der Waals surface area contributed by atoms with Crippen LogP contribution in [0.4, 0.5) is 0 Å². The highest BCUT2D eigenvalue weighted by molar-refractivity contribution is 7.94. The highest BCUT2D eigenvalue weighted by Gasteiger charge is 2.49. The molecule has 0 heterocycles. The van der Waals surface area contributed by atoms with Crippen molar-refractivity contribution in [3.63, 3.8) is 0 Å². The summed E-state index contributed by atoms with van der Waals surface area (Å²) in [5.41, 5.74) is 0. The van der Waals surface area contributed by atoms with Gasteiger partial charge in [-0.05, 0) is 31.1 Å². The second kappa shape index (κ2) is 7.51. The average molecular weight is 361 g/mol. The minimum Gasteiger partial charge on any atom is -0.229 e. The van der Waals surface area contributed by atoms with Crippen LogP contribution in [0.5, 0.6) is 0 Å². The normalized spacial score (nSPS) is 30.5. The van der Waals surface area contributed by atoms with E-state index >= 15 is 0 Å². The van der Waals surface area contributed by atoms with E-state index in [0.29, 0.717) is 12.8 Å². The van der Waals surface area contributed by atoms with Crippen molar-refractivity contribution in [2.45, 2.75) is 51.2 Å². The molecule has 2 aliphatic carbocycles. The number of unbranched alkanes of at least 4 members (excludes halogenated alkanes) is 2. The summed E-state index contributed by atoms with van der Waals surface area (Å²) in [4.78, 5) is 0. The van der Waals surface area contributed by atoms with Crippen molar-refractivity contribution >= 4 is 19.7 Å². The molecule has 0 N–H and O–H groups in total. The van der Waals surface area contributed by atoms with E-state index in [1.54, 1.807) is 6.08 Å². The van der Waals surface area contributed by atoms with E-state index in [4.69, 9.17) is 0 Å². The van der Waals surface area contributed by atoms with Gasteiger partial charge >= 0.3 is 0 Å². The maximum atomic E-state index is 12.7. The summed E-state index contributed by atoms with van der Waals surface area (Å²) in [6.45, 7) is 3.93. The van der Waals surface area contributed by atoms with Crippen LogP contribution in [0.3, 0.4) is 0 Å². The monoisotopic (exact) mass is 360 g/mol. The standard InChI is InChI=1S/C17H28O4S2/c1-3-5-10-22(18,19)12-9-16-14-7-8-15(13-14)17(16)23(20,21)11-6-4-2/h7-9,12,14-17H,3-6,10-11,13H2,1-2H3/b12-9+/t14-,15-,16+,17+/m1/s1. The van der Waals surface area contributed by atoms with Crippen LogP contribution in [0.25, 0.3) is 0 Å². The zero-order valence-corrected chi connectivity index (χ0v) is 15.7. The third kappa shape index (κ3) is 4.47. The molecule has 0 aromatic carbocycles. The Morgan fingerprint density at radius 2 is 1.57 bits per heavy atom. The van der Waals surface area contributed by atoms with Gasteiger partial charge in [0.15, 0.2) is 19.7 Å².